The highest BCUT2D eigenvalue weighted by molar-refractivity contribution is 4.91. The summed E-state index contributed by atoms with van der Waals surface area (Å²) in [5.74, 6) is 0.687. The Morgan fingerprint density at radius 2 is 1.90 bits per heavy atom. The van der Waals surface area contributed by atoms with E-state index < -0.39 is 0 Å². The lowest BCUT2D eigenvalue weighted by Crippen LogP contribution is -2.17. The zero-order valence-electron chi connectivity index (χ0n) is 6.45. The van der Waals surface area contributed by atoms with E-state index in [9.17, 15) is 0 Å². The van der Waals surface area contributed by atoms with Crippen LogP contribution in [0, 0.1) is 5.92 Å². The Hall–Kier alpha value is -0.920. The Bertz CT molecular complexity index is 137. The Morgan fingerprint density at radius 3 is 2.40 bits per heavy atom. The van der Waals surface area contributed by atoms with E-state index in [-0.39, 0.29) is 0 Å². The van der Waals surface area contributed by atoms with E-state index in [0.717, 1.165) is 6.54 Å². The van der Waals surface area contributed by atoms with Crippen molar-refractivity contribution in [2.24, 2.45) is 5.92 Å². The molecule has 0 amide bonds. The lowest BCUT2D eigenvalue weighted by Gasteiger charge is -2.19. The smallest absolute Gasteiger partial charge is 0.106 e. The van der Waals surface area contributed by atoms with Gasteiger partial charge in [0.15, 0.2) is 0 Å². The predicted molar refractivity (Wildman–Crippen MR) is 40.9 cm³/mol. The molecule has 0 radical (unpaired) electrons. The third-order valence-corrected chi connectivity index (χ3v) is 1.24. The predicted octanol–water partition coefficient (Wildman–Crippen LogP) is 1.92. The summed E-state index contributed by atoms with van der Waals surface area (Å²) in [6.07, 6.45) is 7.23. The fraction of sp³-hybridized carbons (Fsp3) is 0.500. The van der Waals surface area contributed by atoms with Crippen molar-refractivity contribution >= 4 is 0 Å². The number of nitrogens with zero attached hydrogens (tertiary/aromatic N) is 1. The van der Waals surface area contributed by atoms with E-state index in [2.05, 4.69) is 18.7 Å². The first-order valence-corrected chi connectivity index (χ1v) is 3.53. The van der Waals surface area contributed by atoms with Gasteiger partial charge in [0.1, 0.15) is 12.5 Å². The third-order valence-electron chi connectivity index (χ3n) is 1.24. The van der Waals surface area contributed by atoms with Gasteiger partial charge >= 0.3 is 0 Å². The largest absolute Gasteiger partial charge is 0.470 e. The highest BCUT2D eigenvalue weighted by atomic mass is 16.5. The van der Waals surface area contributed by atoms with Crippen molar-refractivity contribution < 1.29 is 4.74 Å². The van der Waals surface area contributed by atoms with E-state index in [1.807, 2.05) is 12.4 Å². The maximum Gasteiger partial charge on any atom is 0.106 e. The van der Waals surface area contributed by atoms with Gasteiger partial charge in [-0.15, -0.1) is 0 Å². The van der Waals surface area contributed by atoms with E-state index in [4.69, 9.17) is 4.74 Å². The van der Waals surface area contributed by atoms with Gasteiger partial charge in [-0.05, 0) is 5.92 Å². The lowest BCUT2D eigenvalue weighted by molar-refractivity contribution is 0.328. The maximum absolute atomic E-state index is 4.88. The fourth-order valence-corrected chi connectivity index (χ4v) is 0.865. The van der Waals surface area contributed by atoms with Gasteiger partial charge in [0.2, 0.25) is 0 Å². The molecule has 56 valence electrons. The molecule has 0 bridgehead atoms. The minimum atomic E-state index is 0.687. The molecule has 10 heavy (non-hydrogen) atoms. The summed E-state index contributed by atoms with van der Waals surface area (Å²) in [6.45, 7) is 5.44. The summed E-state index contributed by atoms with van der Waals surface area (Å²) in [5.41, 5.74) is 0. The topological polar surface area (TPSA) is 12.5 Å². The summed E-state index contributed by atoms with van der Waals surface area (Å²) in [7, 11) is 0. The average Bonchev–Trinajstić information content (AvgIpc) is 1.88. The van der Waals surface area contributed by atoms with E-state index in [1.54, 1.807) is 12.5 Å². The van der Waals surface area contributed by atoms with Gasteiger partial charge in [-0.3, -0.25) is 0 Å². The molecule has 0 unspecified atom stereocenters. The van der Waals surface area contributed by atoms with Crippen molar-refractivity contribution in [2.75, 3.05) is 6.54 Å². The van der Waals surface area contributed by atoms with Gasteiger partial charge in [-0.1, -0.05) is 13.8 Å². The molecule has 0 aliphatic carbocycles. The number of rotatable bonds is 2. The first-order chi connectivity index (χ1) is 4.79. The Balaban J connectivity index is 2.33. The minimum absolute atomic E-state index is 0.687. The average molecular weight is 139 g/mol. The summed E-state index contributed by atoms with van der Waals surface area (Å²) >= 11 is 0. The van der Waals surface area contributed by atoms with Crippen LogP contribution in [-0.4, -0.2) is 11.4 Å². The minimum Gasteiger partial charge on any atom is -0.470 e. The van der Waals surface area contributed by atoms with Gasteiger partial charge < -0.3 is 9.64 Å². The molecule has 0 N–H and O–H groups in total. The summed E-state index contributed by atoms with van der Waals surface area (Å²) in [5, 5.41) is 0. The molecular weight excluding hydrogens is 126 g/mol. The number of hydrogen-bond donors (Lipinski definition) is 0. The molecular formula is C8H13NO. The first-order valence-electron chi connectivity index (χ1n) is 3.53. The van der Waals surface area contributed by atoms with Crippen molar-refractivity contribution in [3.8, 4) is 0 Å². The van der Waals surface area contributed by atoms with Gasteiger partial charge in [-0.2, -0.15) is 0 Å². The molecule has 2 heteroatoms. The molecule has 0 saturated heterocycles. The quantitative estimate of drug-likeness (QED) is 0.579. The van der Waals surface area contributed by atoms with Crippen LogP contribution in [0.3, 0.4) is 0 Å². The van der Waals surface area contributed by atoms with Crippen LogP contribution in [0.25, 0.3) is 0 Å². The van der Waals surface area contributed by atoms with Gasteiger partial charge in [0, 0.05) is 18.9 Å². The Kier molecular flexibility index (Phi) is 2.37. The summed E-state index contributed by atoms with van der Waals surface area (Å²) in [4.78, 5) is 2.11. The van der Waals surface area contributed by atoms with Gasteiger partial charge in [-0.25, -0.2) is 0 Å². The van der Waals surface area contributed by atoms with Crippen LogP contribution < -0.4 is 0 Å². The molecule has 0 aromatic rings. The second-order valence-corrected chi connectivity index (χ2v) is 2.80. The van der Waals surface area contributed by atoms with Crippen LogP contribution in [0.2, 0.25) is 0 Å². The van der Waals surface area contributed by atoms with Crippen LogP contribution in [0.15, 0.2) is 24.9 Å². The molecule has 0 aromatic heterocycles. The molecule has 0 spiro atoms. The molecule has 1 aliphatic rings. The summed E-state index contributed by atoms with van der Waals surface area (Å²) < 4.78 is 4.88. The lowest BCUT2D eigenvalue weighted by atomic mass is 10.2. The zero-order valence-corrected chi connectivity index (χ0v) is 6.45. The summed E-state index contributed by atoms with van der Waals surface area (Å²) in [6, 6.07) is 0. The van der Waals surface area contributed by atoms with E-state index in [1.165, 1.54) is 0 Å². The number of hydrogen-bond acceptors (Lipinski definition) is 2. The zero-order chi connectivity index (χ0) is 7.40. The highest BCUT2D eigenvalue weighted by Crippen LogP contribution is 2.03. The number of ether oxygens (including phenoxy) is 1. The van der Waals surface area contributed by atoms with Gasteiger partial charge in [0.25, 0.3) is 0 Å². The third kappa shape index (κ3) is 2.13. The second kappa shape index (κ2) is 3.30. The standard InChI is InChI=1S/C8H13NO/c1-8(2)7-9-3-5-10-6-4-9/h3-6,8H,7H2,1-2H3. The molecule has 0 atom stereocenters. The van der Waals surface area contributed by atoms with Crippen molar-refractivity contribution in [3.63, 3.8) is 0 Å². The van der Waals surface area contributed by atoms with Crippen molar-refractivity contribution in [2.45, 2.75) is 13.8 Å². The highest BCUT2D eigenvalue weighted by Gasteiger charge is 2.00. The van der Waals surface area contributed by atoms with Crippen LogP contribution in [0.5, 0.6) is 0 Å². The van der Waals surface area contributed by atoms with Gasteiger partial charge in [0.05, 0.1) is 0 Å². The van der Waals surface area contributed by atoms with Crippen LogP contribution in [0.1, 0.15) is 13.8 Å². The fourth-order valence-electron chi connectivity index (χ4n) is 0.865. The first kappa shape index (κ1) is 7.19. The van der Waals surface area contributed by atoms with E-state index in [0.29, 0.717) is 5.92 Å². The van der Waals surface area contributed by atoms with Crippen LogP contribution >= 0.6 is 0 Å². The molecule has 1 rings (SSSR count). The molecule has 1 aliphatic heterocycles. The SMILES string of the molecule is CC(C)CN1C=COC=C1. The van der Waals surface area contributed by atoms with Crippen molar-refractivity contribution in [1.82, 2.24) is 4.90 Å². The van der Waals surface area contributed by atoms with Crippen molar-refractivity contribution in [3.05, 3.63) is 24.9 Å². The monoisotopic (exact) mass is 139 g/mol. The molecule has 0 aromatic carbocycles. The van der Waals surface area contributed by atoms with E-state index >= 15 is 0 Å². The Morgan fingerprint density at radius 1 is 1.30 bits per heavy atom. The molecule has 1 heterocycles. The molecule has 0 saturated carbocycles. The van der Waals surface area contributed by atoms with Crippen LogP contribution in [0.4, 0.5) is 0 Å². The second-order valence-electron chi connectivity index (χ2n) is 2.80. The molecule has 0 fully saturated rings. The van der Waals surface area contributed by atoms with Crippen LogP contribution in [-0.2, 0) is 4.74 Å². The molecule has 2 nitrogen and oxygen atoms in total. The maximum atomic E-state index is 4.88. The van der Waals surface area contributed by atoms with Crippen molar-refractivity contribution in [1.29, 1.82) is 0 Å². The Labute approximate surface area is 61.8 Å². The normalized spacial score (nSPS) is 16.1.